The van der Waals surface area contributed by atoms with Crippen molar-refractivity contribution in [3.63, 3.8) is 0 Å². The molecule has 7 heteroatoms. The molecule has 0 bridgehead atoms. The van der Waals surface area contributed by atoms with Crippen molar-refractivity contribution in [3.05, 3.63) is 0 Å². The molecule has 3 N–H and O–H groups in total. The third kappa shape index (κ3) is 6.00. The second-order valence-electron chi connectivity index (χ2n) is 4.02. The standard InChI is InChI=1S/C9H20N2O3S.ClH/c1-8(6-10)11-15(12,13)7-9-4-2-3-5-14-9;/h8-9,11H,2-7,10H2,1H3;1H/t8-,9?;/m1./s1. The van der Waals surface area contributed by atoms with Crippen LogP contribution >= 0.6 is 12.4 Å². The molecule has 2 atom stereocenters. The van der Waals surface area contributed by atoms with Gasteiger partial charge in [0.25, 0.3) is 0 Å². The van der Waals surface area contributed by atoms with Crippen LogP contribution in [-0.2, 0) is 14.8 Å². The number of hydrogen-bond acceptors (Lipinski definition) is 4. The zero-order chi connectivity index (χ0) is 11.3. The van der Waals surface area contributed by atoms with Gasteiger partial charge in [-0.25, -0.2) is 13.1 Å². The van der Waals surface area contributed by atoms with Crippen LogP contribution in [0.1, 0.15) is 26.2 Å². The minimum atomic E-state index is -3.25. The summed E-state index contributed by atoms with van der Waals surface area (Å²) >= 11 is 0. The molecule has 0 aromatic heterocycles. The van der Waals surface area contributed by atoms with Gasteiger partial charge in [-0.2, -0.15) is 0 Å². The van der Waals surface area contributed by atoms with E-state index in [1.807, 2.05) is 0 Å². The van der Waals surface area contributed by atoms with Crippen molar-refractivity contribution in [2.24, 2.45) is 5.73 Å². The largest absolute Gasteiger partial charge is 0.377 e. The maximum Gasteiger partial charge on any atom is 0.214 e. The van der Waals surface area contributed by atoms with Crippen molar-refractivity contribution >= 4 is 22.4 Å². The number of ether oxygens (including phenoxy) is 1. The quantitative estimate of drug-likeness (QED) is 0.751. The topological polar surface area (TPSA) is 81.4 Å². The predicted octanol–water partition coefficient (Wildman–Crippen LogP) is 0.244. The van der Waals surface area contributed by atoms with Crippen molar-refractivity contribution in [1.82, 2.24) is 4.72 Å². The third-order valence-corrected chi connectivity index (χ3v) is 3.99. The zero-order valence-electron chi connectivity index (χ0n) is 9.52. The van der Waals surface area contributed by atoms with E-state index in [1.165, 1.54) is 0 Å². The van der Waals surface area contributed by atoms with E-state index >= 15 is 0 Å². The Morgan fingerprint density at radius 3 is 2.69 bits per heavy atom. The van der Waals surface area contributed by atoms with Gasteiger partial charge in [-0.3, -0.25) is 0 Å². The number of rotatable bonds is 5. The number of nitrogens with one attached hydrogen (secondary N) is 1. The molecule has 1 saturated heterocycles. The summed E-state index contributed by atoms with van der Waals surface area (Å²) < 4.78 is 31.1. The molecule has 1 heterocycles. The minimum absolute atomic E-state index is 0. The molecule has 16 heavy (non-hydrogen) atoms. The SMILES string of the molecule is C[C@H](CN)NS(=O)(=O)CC1CCCCO1.Cl. The lowest BCUT2D eigenvalue weighted by Gasteiger charge is -2.23. The van der Waals surface area contributed by atoms with Crippen LogP contribution in [0.2, 0.25) is 0 Å². The molecule has 0 aliphatic carbocycles. The van der Waals surface area contributed by atoms with Gasteiger partial charge in [0.05, 0.1) is 11.9 Å². The van der Waals surface area contributed by atoms with Gasteiger partial charge in [0, 0.05) is 19.2 Å². The average molecular weight is 273 g/mol. The molecule has 0 aromatic rings. The first-order chi connectivity index (χ1) is 7.03. The highest BCUT2D eigenvalue weighted by molar-refractivity contribution is 7.89. The van der Waals surface area contributed by atoms with Gasteiger partial charge in [0.15, 0.2) is 0 Å². The van der Waals surface area contributed by atoms with Crippen LogP contribution in [-0.4, -0.2) is 39.5 Å². The number of hydrogen-bond donors (Lipinski definition) is 2. The van der Waals surface area contributed by atoms with E-state index in [2.05, 4.69) is 4.72 Å². The molecule has 0 spiro atoms. The first-order valence-electron chi connectivity index (χ1n) is 5.35. The van der Waals surface area contributed by atoms with Crippen LogP contribution in [0.5, 0.6) is 0 Å². The Kier molecular flexibility index (Phi) is 7.50. The Bertz CT molecular complexity index is 278. The number of nitrogens with two attached hydrogens (primary N) is 1. The number of sulfonamides is 1. The van der Waals surface area contributed by atoms with Gasteiger partial charge in [-0.15, -0.1) is 12.4 Å². The molecular formula is C9H21ClN2O3S. The first-order valence-corrected chi connectivity index (χ1v) is 7.00. The van der Waals surface area contributed by atoms with Crippen molar-refractivity contribution in [1.29, 1.82) is 0 Å². The van der Waals surface area contributed by atoms with Gasteiger partial charge in [-0.05, 0) is 26.2 Å². The molecule has 1 rings (SSSR count). The van der Waals surface area contributed by atoms with Gasteiger partial charge < -0.3 is 10.5 Å². The summed E-state index contributed by atoms with van der Waals surface area (Å²) in [5.41, 5.74) is 5.35. The van der Waals surface area contributed by atoms with E-state index in [4.69, 9.17) is 10.5 Å². The summed E-state index contributed by atoms with van der Waals surface area (Å²) in [6, 6.07) is -0.210. The summed E-state index contributed by atoms with van der Waals surface area (Å²) in [6.45, 7) is 2.73. The van der Waals surface area contributed by atoms with Crippen LogP contribution < -0.4 is 10.5 Å². The van der Waals surface area contributed by atoms with Crippen molar-refractivity contribution in [3.8, 4) is 0 Å². The maximum atomic E-state index is 11.6. The highest BCUT2D eigenvalue weighted by Crippen LogP contribution is 2.14. The third-order valence-electron chi connectivity index (χ3n) is 2.41. The van der Waals surface area contributed by atoms with Crippen LogP contribution in [0.15, 0.2) is 0 Å². The molecular weight excluding hydrogens is 252 g/mol. The lowest BCUT2D eigenvalue weighted by molar-refractivity contribution is 0.0303. The molecule has 5 nitrogen and oxygen atoms in total. The lowest BCUT2D eigenvalue weighted by Crippen LogP contribution is -2.42. The molecule has 98 valence electrons. The Balaban J connectivity index is 0.00000225. The van der Waals surface area contributed by atoms with E-state index < -0.39 is 10.0 Å². The fourth-order valence-electron chi connectivity index (χ4n) is 1.59. The fraction of sp³-hybridized carbons (Fsp3) is 1.00. The van der Waals surface area contributed by atoms with E-state index in [1.54, 1.807) is 6.92 Å². The molecule has 0 amide bonds. The second-order valence-corrected chi connectivity index (χ2v) is 5.82. The highest BCUT2D eigenvalue weighted by Gasteiger charge is 2.22. The van der Waals surface area contributed by atoms with Crippen molar-refractivity contribution in [2.75, 3.05) is 18.9 Å². The van der Waals surface area contributed by atoms with E-state index in [0.29, 0.717) is 13.2 Å². The summed E-state index contributed by atoms with van der Waals surface area (Å²) in [6.07, 6.45) is 2.76. The van der Waals surface area contributed by atoms with Crippen LogP contribution in [0.3, 0.4) is 0 Å². The van der Waals surface area contributed by atoms with Crippen molar-refractivity contribution in [2.45, 2.75) is 38.3 Å². The highest BCUT2D eigenvalue weighted by atomic mass is 35.5. The molecule has 1 unspecified atom stereocenters. The number of halogens is 1. The van der Waals surface area contributed by atoms with E-state index in [0.717, 1.165) is 19.3 Å². The van der Waals surface area contributed by atoms with Gasteiger partial charge in [0.1, 0.15) is 0 Å². The molecule has 0 saturated carbocycles. The van der Waals surface area contributed by atoms with Gasteiger partial charge in [0.2, 0.25) is 10.0 Å². The Morgan fingerprint density at radius 1 is 1.50 bits per heavy atom. The molecule has 1 aliphatic heterocycles. The summed E-state index contributed by atoms with van der Waals surface area (Å²) in [7, 11) is -3.25. The monoisotopic (exact) mass is 272 g/mol. The fourth-order valence-corrected chi connectivity index (χ4v) is 3.14. The first kappa shape index (κ1) is 16.1. The van der Waals surface area contributed by atoms with Crippen LogP contribution in [0, 0.1) is 0 Å². The van der Waals surface area contributed by atoms with E-state index in [-0.39, 0.29) is 30.3 Å². The normalized spacial score (nSPS) is 23.5. The second kappa shape index (κ2) is 7.45. The Hall–Kier alpha value is 0.120. The summed E-state index contributed by atoms with van der Waals surface area (Å²) in [5, 5.41) is 0. The van der Waals surface area contributed by atoms with E-state index in [9.17, 15) is 8.42 Å². The minimum Gasteiger partial charge on any atom is -0.377 e. The van der Waals surface area contributed by atoms with Gasteiger partial charge in [-0.1, -0.05) is 0 Å². The summed E-state index contributed by atoms with van der Waals surface area (Å²) in [5.74, 6) is 0.0529. The van der Waals surface area contributed by atoms with Crippen LogP contribution in [0.4, 0.5) is 0 Å². The molecule has 1 aliphatic rings. The van der Waals surface area contributed by atoms with Gasteiger partial charge >= 0.3 is 0 Å². The lowest BCUT2D eigenvalue weighted by atomic mass is 10.1. The van der Waals surface area contributed by atoms with Crippen LogP contribution in [0.25, 0.3) is 0 Å². The zero-order valence-corrected chi connectivity index (χ0v) is 11.1. The molecule has 0 radical (unpaired) electrons. The Labute approximate surface area is 104 Å². The predicted molar refractivity (Wildman–Crippen MR) is 66.3 cm³/mol. The summed E-state index contributed by atoms with van der Waals surface area (Å²) in [4.78, 5) is 0. The molecule has 1 fully saturated rings. The maximum absolute atomic E-state index is 11.6. The average Bonchev–Trinajstić information content (AvgIpc) is 2.17. The van der Waals surface area contributed by atoms with Crippen molar-refractivity contribution < 1.29 is 13.2 Å². The Morgan fingerprint density at radius 2 is 2.19 bits per heavy atom. The molecule has 0 aromatic carbocycles. The smallest absolute Gasteiger partial charge is 0.214 e.